The van der Waals surface area contributed by atoms with Crippen molar-refractivity contribution >= 4 is 23.4 Å². The normalized spacial score (nSPS) is 12.8. The van der Waals surface area contributed by atoms with Gasteiger partial charge in [-0.3, -0.25) is 0 Å². The Hall–Kier alpha value is -3.61. The first kappa shape index (κ1) is 20.7. The maximum absolute atomic E-state index is 11.7. The summed E-state index contributed by atoms with van der Waals surface area (Å²) < 4.78 is 0. The van der Waals surface area contributed by atoms with E-state index in [9.17, 15) is 9.90 Å². The number of hydrogen-bond acceptors (Lipinski definition) is 6. The molecule has 0 unspecified atom stereocenters. The summed E-state index contributed by atoms with van der Waals surface area (Å²) >= 11 is 0. The van der Waals surface area contributed by atoms with Gasteiger partial charge in [-0.1, -0.05) is 6.07 Å². The molecule has 3 aromatic rings. The fourth-order valence-electron chi connectivity index (χ4n) is 4.62. The highest BCUT2D eigenvalue weighted by atomic mass is 16.4. The molecule has 160 valence electrons. The van der Waals surface area contributed by atoms with E-state index in [1.807, 2.05) is 27.7 Å². The zero-order valence-corrected chi connectivity index (χ0v) is 18.3. The fourth-order valence-corrected chi connectivity index (χ4v) is 4.62. The minimum Gasteiger partial charge on any atom is -0.478 e. The lowest BCUT2D eigenvalue weighted by Gasteiger charge is -2.21. The summed E-state index contributed by atoms with van der Waals surface area (Å²) in [6.45, 7) is 9.31. The van der Waals surface area contributed by atoms with Crippen molar-refractivity contribution in [2.75, 3.05) is 22.9 Å². The van der Waals surface area contributed by atoms with Gasteiger partial charge in [-0.15, -0.1) is 0 Å². The van der Waals surface area contributed by atoms with Gasteiger partial charge in [0.05, 0.1) is 5.56 Å². The number of rotatable bonds is 4. The van der Waals surface area contributed by atoms with Gasteiger partial charge in [0.2, 0.25) is 5.95 Å². The molecule has 1 aromatic heterocycles. The standard InChI is InChI=1S/C24H27N5O2/c1-12-14(3)21(23(30)31)15(4)13(2)20(12)17-5-6-19-16(9-17)7-8-29(19)11-18-10-27-24(26)28-22(18)25/h5-6,9-10H,7-8,11H2,1-4H3,(H,30,31)(H4,25,26,27,28). The number of hydrogen-bond donors (Lipinski definition) is 3. The molecule has 1 aliphatic heterocycles. The van der Waals surface area contributed by atoms with Crippen molar-refractivity contribution in [2.45, 2.75) is 40.7 Å². The number of nitrogen functional groups attached to an aromatic ring is 2. The van der Waals surface area contributed by atoms with Crippen LogP contribution in [0.4, 0.5) is 17.5 Å². The molecule has 0 radical (unpaired) electrons. The number of carboxylic acid groups (broad SMARTS) is 1. The Labute approximate surface area is 181 Å². The molecule has 2 aromatic carbocycles. The first-order chi connectivity index (χ1) is 14.7. The molecule has 0 fully saturated rings. The Morgan fingerprint density at radius 3 is 2.39 bits per heavy atom. The topological polar surface area (TPSA) is 118 Å². The van der Waals surface area contributed by atoms with E-state index in [0.29, 0.717) is 17.9 Å². The van der Waals surface area contributed by atoms with Crippen LogP contribution < -0.4 is 16.4 Å². The zero-order valence-electron chi connectivity index (χ0n) is 18.3. The summed E-state index contributed by atoms with van der Waals surface area (Å²) in [5.74, 6) is -0.283. The molecule has 0 amide bonds. The molecule has 2 heterocycles. The molecule has 7 nitrogen and oxygen atoms in total. The molecule has 7 heteroatoms. The Morgan fingerprint density at radius 1 is 1.10 bits per heavy atom. The number of aromatic carboxylic acids is 1. The summed E-state index contributed by atoms with van der Waals surface area (Å²) in [5, 5.41) is 9.64. The Kier molecular flexibility index (Phi) is 5.05. The molecule has 0 atom stereocenters. The van der Waals surface area contributed by atoms with Crippen molar-refractivity contribution in [1.29, 1.82) is 0 Å². The second-order valence-electron chi connectivity index (χ2n) is 8.21. The van der Waals surface area contributed by atoms with Crippen molar-refractivity contribution in [3.05, 3.63) is 63.3 Å². The van der Waals surface area contributed by atoms with Crippen LogP contribution in [0.2, 0.25) is 0 Å². The van der Waals surface area contributed by atoms with Crippen LogP contribution >= 0.6 is 0 Å². The second-order valence-corrected chi connectivity index (χ2v) is 8.21. The number of nitrogens with zero attached hydrogens (tertiary/aromatic N) is 3. The Balaban J connectivity index is 1.71. The summed E-state index contributed by atoms with van der Waals surface area (Å²) in [6.07, 6.45) is 2.62. The number of benzene rings is 2. The first-order valence-corrected chi connectivity index (χ1v) is 10.3. The van der Waals surface area contributed by atoms with Crippen molar-refractivity contribution in [3.63, 3.8) is 0 Å². The predicted molar refractivity (Wildman–Crippen MR) is 123 cm³/mol. The van der Waals surface area contributed by atoms with Crippen molar-refractivity contribution in [3.8, 4) is 11.1 Å². The van der Waals surface area contributed by atoms with Gasteiger partial charge in [-0.05, 0) is 85.2 Å². The third-order valence-electron chi connectivity index (χ3n) is 6.48. The monoisotopic (exact) mass is 417 g/mol. The predicted octanol–water partition coefficient (Wildman–Crippen LogP) is 3.80. The summed E-state index contributed by atoms with van der Waals surface area (Å²) in [5.41, 5.74) is 21.3. The van der Waals surface area contributed by atoms with E-state index in [4.69, 9.17) is 11.5 Å². The quantitative estimate of drug-likeness (QED) is 0.591. The molecular formula is C24H27N5O2. The third kappa shape index (κ3) is 3.46. The van der Waals surface area contributed by atoms with Crippen LogP contribution in [0.1, 0.15) is 43.7 Å². The Bertz CT molecular complexity index is 1190. The van der Waals surface area contributed by atoms with Gasteiger partial charge in [-0.2, -0.15) is 4.98 Å². The number of nitrogens with two attached hydrogens (primary N) is 2. The highest BCUT2D eigenvalue weighted by Crippen LogP contribution is 2.38. The van der Waals surface area contributed by atoms with Gasteiger partial charge < -0.3 is 21.5 Å². The molecule has 31 heavy (non-hydrogen) atoms. The van der Waals surface area contributed by atoms with Crippen LogP contribution in [0.25, 0.3) is 11.1 Å². The molecule has 4 rings (SSSR count). The fraction of sp³-hybridized carbons (Fsp3) is 0.292. The van der Waals surface area contributed by atoms with Gasteiger partial charge in [0.1, 0.15) is 5.82 Å². The first-order valence-electron chi connectivity index (χ1n) is 10.3. The van der Waals surface area contributed by atoms with Crippen molar-refractivity contribution < 1.29 is 9.90 Å². The van der Waals surface area contributed by atoms with Crippen LogP contribution in [0.3, 0.4) is 0 Å². The summed E-state index contributed by atoms with van der Waals surface area (Å²) in [7, 11) is 0. The average molecular weight is 418 g/mol. The molecule has 0 spiro atoms. The number of anilines is 3. The van der Waals surface area contributed by atoms with Gasteiger partial charge in [0, 0.05) is 30.5 Å². The molecule has 0 aliphatic carbocycles. The van der Waals surface area contributed by atoms with Crippen LogP contribution in [0.15, 0.2) is 24.4 Å². The molecule has 0 saturated carbocycles. The van der Waals surface area contributed by atoms with Gasteiger partial charge in [-0.25, -0.2) is 9.78 Å². The highest BCUT2D eigenvalue weighted by Gasteiger charge is 2.24. The number of aromatic nitrogens is 2. The van der Waals surface area contributed by atoms with E-state index in [-0.39, 0.29) is 5.95 Å². The molecule has 0 saturated heterocycles. The maximum atomic E-state index is 11.7. The van der Waals surface area contributed by atoms with Gasteiger partial charge >= 0.3 is 5.97 Å². The largest absolute Gasteiger partial charge is 0.478 e. The van der Waals surface area contributed by atoms with E-state index in [0.717, 1.165) is 51.9 Å². The Morgan fingerprint density at radius 2 is 1.77 bits per heavy atom. The van der Waals surface area contributed by atoms with Gasteiger partial charge in [0.15, 0.2) is 0 Å². The molecule has 5 N–H and O–H groups in total. The number of fused-ring (bicyclic) bond motifs is 1. The van der Waals surface area contributed by atoms with E-state index >= 15 is 0 Å². The van der Waals surface area contributed by atoms with E-state index < -0.39 is 5.97 Å². The number of carbonyl (C=O) groups is 1. The summed E-state index contributed by atoms with van der Waals surface area (Å²) in [6, 6.07) is 6.49. The molecule has 1 aliphatic rings. The molecular weight excluding hydrogens is 390 g/mol. The lowest BCUT2D eigenvalue weighted by Crippen LogP contribution is -2.21. The average Bonchev–Trinajstić information content (AvgIpc) is 3.11. The minimum atomic E-state index is -0.872. The van der Waals surface area contributed by atoms with Gasteiger partial charge in [0.25, 0.3) is 0 Å². The van der Waals surface area contributed by atoms with E-state index in [1.54, 1.807) is 6.20 Å². The maximum Gasteiger partial charge on any atom is 0.336 e. The van der Waals surface area contributed by atoms with E-state index in [1.165, 1.54) is 11.3 Å². The lowest BCUT2D eigenvalue weighted by molar-refractivity contribution is 0.0695. The highest BCUT2D eigenvalue weighted by molar-refractivity contribution is 5.94. The van der Waals surface area contributed by atoms with Crippen molar-refractivity contribution in [2.24, 2.45) is 0 Å². The van der Waals surface area contributed by atoms with Crippen molar-refractivity contribution in [1.82, 2.24) is 9.97 Å². The van der Waals surface area contributed by atoms with Crippen LogP contribution in [-0.4, -0.2) is 27.6 Å². The zero-order chi connectivity index (χ0) is 22.4. The minimum absolute atomic E-state index is 0.179. The number of carboxylic acids is 1. The smallest absolute Gasteiger partial charge is 0.336 e. The van der Waals surface area contributed by atoms with Crippen LogP contribution in [0, 0.1) is 27.7 Å². The third-order valence-corrected chi connectivity index (χ3v) is 6.48. The summed E-state index contributed by atoms with van der Waals surface area (Å²) in [4.78, 5) is 22.1. The van der Waals surface area contributed by atoms with E-state index in [2.05, 4.69) is 33.1 Å². The van der Waals surface area contributed by atoms with Crippen LogP contribution in [-0.2, 0) is 13.0 Å². The second kappa shape index (κ2) is 7.58. The SMILES string of the molecule is Cc1c(C)c(-c2ccc3c(c2)CCN3Cc2cnc(N)nc2N)c(C)c(C)c1C(=O)O. The van der Waals surface area contributed by atoms with Crippen LogP contribution in [0.5, 0.6) is 0 Å². The molecule has 0 bridgehead atoms. The lowest BCUT2D eigenvalue weighted by atomic mass is 9.85.